The van der Waals surface area contributed by atoms with Crippen molar-refractivity contribution in [1.82, 2.24) is 0 Å². The number of ether oxygens (including phenoxy) is 2. The minimum absolute atomic E-state index is 0.0880. The molecule has 2 N–H and O–H groups in total. The van der Waals surface area contributed by atoms with Crippen LogP contribution in [0.5, 0.6) is 0 Å². The molecule has 0 amide bonds. The molecule has 0 atom stereocenters. The maximum Gasteiger partial charge on any atom is 0.279 e. The van der Waals surface area contributed by atoms with E-state index >= 15 is 0 Å². The van der Waals surface area contributed by atoms with E-state index in [4.69, 9.17) is 10.2 Å². The molecule has 0 heterocycles. The first kappa shape index (κ1) is 8.26. The summed E-state index contributed by atoms with van der Waals surface area (Å²) in [6, 6.07) is 0. The average Bonchev–Trinajstić information content (AvgIpc) is 1.82. The lowest BCUT2D eigenvalue weighted by Gasteiger charge is -2.03. The quantitative estimate of drug-likeness (QED) is 0.401. The number of hydrogen-bond acceptors (Lipinski definition) is 4. The molecule has 0 saturated carbocycles. The molecule has 0 aliphatic heterocycles. The standard InChI is InChI=1S/C5H10O4/c1-8-5(9-2)3-4(6)7/h3-4,6-7H,1-2H3. The minimum Gasteiger partial charge on any atom is -0.469 e. The third-order valence-electron chi connectivity index (χ3n) is 0.688. The molecule has 0 aliphatic rings. The zero-order valence-electron chi connectivity index (χ0n) is 5.37. The van der Waals surface area contributed by atoms with Crippen molar-refractivity contribution in [1.29, 1.82) is 0 Å². The molecule has 0 unspecified atom stereocenters. The smallest absolute Gasteiger partial charge is 0.279 e. The molecule has 54 valence electrons. The van der Waals surface area contributed by atoms with Gasteiger partial charge in [0.05, 0.1) is 20.3 Å². The van der Waals surface area contributed by atoms with Gasteiger partial charge in [0.15, 0.2) is 6.29 Å². The van der Waals surface area contributed by atoms with Crippen molar-refractivity contribution in [3.05, 3.63) is 12.0 Å². The largest absolute Gasteiger partial charge is 0.469 e. The Balaban J connectivity index is 3.75. The lowest BCUT2D eigenvalue weighted by molar-refractivity contribution is -0.00941. The number of hydrogen-bond donors (Lipinski definition) is 2. The normalized spacial score (nSPS) is 9.00. The maximum absolute atomic E-state index is 8.30. The maximum atomic E-state index is 8.30. The van der Waals surface area contributed by atoms with E-state index in [0.717, 1.165) is 6.08 Å². The van der Waals surface area contributed by atoms with E-state index in [1.165, 1.54) is 14.2 Å². The molecule has 0 fully saturated rings. The van der Waals surface area contributed by atoms with Gasteiger partial charge in [-0.3, -0.25) is 0 Å². The van der Waals surface area contributed by atoms with Crippen LogP contribution in [0.3, 0.4) is 0 Å². The molecule has 0 aromatic carbocycles. The first-order valence-electron chi connectivity index (χ1n) is 2.36. The highest BCUT2D eigenvalue weighted by molar-refractivity contribution is 4.84. The van der Waals surface area contributed by atoms with Crippen molar-refractivity contribution < 1.29 is 19.7 Å². The Kier molecular flexibility index (Phi) is 3.83. The molecule has 9 heavy (non-hydrogen) atoms. The Morgan fingerprint density at radius 1 is 1.33 bits per heavy atom. The van der Waals surface area contributed by atoms with Crippen LogP contribution in [0.4, 0.5) is 0 Å². The molecule has 0 rings (SSSR count). The molecule has 0 bridgehead atoms. The van der Waals surface area contributed by atoms with E-state index < -0.39 is 6.29 Å². The first-order chi connectivity index (χ1) is 4.20. The van der Waals surface area contributed by atoms with E-state index in [-0.39, 0.29) is 5.95 Å². The Bertz CT molecular complexity index is 91.1. The van der Waals surface area contributed by atoms with E-state index in [1.54, 1.807) is 0 Å². The number of methoxy groups -OCH3 is 2. The topological polar surface area (TPSA) is 58.9 Å². The van der Waals surface area contributed by atoms with Crippen molar-refractivity contribution in [2.45, 2.75) is 6.29 Å². The second kappa shape index (κ2) is 4.17. The molecule has 4 nitrogen and oxygen atoms in total. The summed E-state index contributed by atoms with van der Waals surface area (Å²) < 4.78 is 9.06. The van der Waals surface area contributed by atoms with E-state index in [2.05, 4.69) is 9.47 Å². The predicted molar refractivity (Wildman–Crippen MR) is 30.3 cm³/mol. The highest BCUT2D eigenvalue weighted by Crippen LogP contribution is 1.95. The zero-order chi connectivity index (χ0) is 7.28. The number of rotatable bonds is 3. The molecule has 0 spiro atoms. The predicted octanol–water partition coefficient (Wildman–Crippen LogP) is -0.569. The van der Waals surface area contributed by atoms with Crippen LogP contribution in [-0.2, 0) is 9.47 Å². The molecule has 0 saturated heterocycles. The molecule has 0 aromatic rings. The number of aliphatic hydroxyl groups excluding tert-OH is 1. The van der Waals surface area contributed by atoms with Crippen LogP contribution in [0.25, 0.3) is 0 Å². The van der Waals surface area contributed by atoms with Crippen LogP contribution in [-0.4, -0.2) is 30.7 Å². The van der Waals surface area contributed by atoms with Gasteiger partial charge < -0.3 is 19.7 Å². The fraction of sp³-hybridized carbons (Fsp3) is 0.600. The third-order valence-corrected chi connectivity index (χ3v) is 0.688. The second-order valence-electron chi connectivity index (χ2n) is 1.31. The van der Waals surface area contributed by atoms with Crippen molar-refractivity contribution in [2.75, 3.05) is 14.2 Å². The summed E-state index contributed by atoms with van der Waals surface area (Å²) in [5.74, 6) is 0.0880. The summed E-state index contributed by atoms with van der Waals surface area (Å²) in [5.41, 5.74) is 0. The molecular formula is C5H10O4. The van der Waals surface area contributed by atoms with Crippen LogP contribution in [0.2, 0.25) is 0 Å². The summed E-state index contributed by atoms with van der Waals surface area (Å²) in [7, 11) is 2.75. The zero-order valence-corrected chi connectivity index (χ0v) is 5.37. The van der Waals surface area contributed by atoms with Gasteiger partial charge in [0.2, 0.25) is 0 Å². The fourth-order valence-electron chi connectivity index (χ4n) is 0.341. The van der Waals surface area contributed by atoms with Gasteiger partial charge in [0, 0.05) is 0 Å². The third kappa shape index (κ3) is 3.81. The minimum atomic E-state index is -1.53. The van der Waals surface area contributed by atoms with Gasteiger partial charge in [-0.15, -0.1) is 0 Å². The Morgan fingerprint density at radius 2 is 1.78 bits per heavy atom. The van der Waals surface area contributed by atoms with Crippen LogP contribution >= 0.6 is 0 Å². The molecule has 0 aromatic heterocycles. The lowest BCUT2D eigenvalue weighted by atomic mass is 10.6. The van der Waals surface area contributed by atoms with E-state index in [9.17, 15) is 0 Å². The van der Waals surface area contributed by atoms with E-state index in [1.807, 2.05) is 0 Å². The molecule has 0 aliphatic carbocycles. The van der Waals surface area contributed by atoms with Crippen molar-refractivity contribution >= 4 is 0 Å². The van der Waals surface area contributed by atoms with E-state index in [0.29, 0.717) is 0 Å². The first-order valence-corrected chi connectivity index (χ1v) is 2.36. The summed E-state index contributed by atoms with van der Waals surface area (Å²) >= 11 is 0. The Labute approximate surface area is 53.3 Å². The molecular weight excluding hydrogens is 124 g/mol. The van der Waals surface area contributed by atoms with Gasteiger partial charge in [0.25, 0.3) is 5.95 Å². The van der Waals surface area contributed by atoms with Gasteiger partial charge in [-0.25, -0.2) is 0 Å². The lowest BCUT2D eigenvalue weighted by Crippen LogP contribution is -2.02. The van der Waals surface area contributed by atoms with Crippen LogP contribution < -0.4 is 0 Å². The van der Waals surface area contributed by atoms with Crippen LogP contribution in [0, 0.1) is 0 Å². The number of aliphatic hydroxyl groups is 2. The summed E-state index contributed by atoms with van der Waals surface area (Å²) in [6.07, 6.45) is -0.500. The van der Waals surface area contributed by atoms with Gasteiger partial charge >= 0.3 is 0 Å². The average molecular weight is 134 g/mol. The fourth-order valence-corrected chi connectivity index (χ4v) is 0.341. The van der Waals surface area contributed by atoms with Crippen LogP contribution in [0.15, 0.2) is 12.0 Å². The Hall–Kier alpha value is -0.740. The van der Waals surface area contributed by atoms with Crippen molar-refractivity contribution in [2.24, 2.45) is 0 Å². The van der Waals surface area contributed by atoms with Gasteiger partial charge in [-0.1, -0.05) is 0 Å². The van der Waals surface area contributed by atoms with Gasteiger partial charge in [-0.05, 0) is 0 Å². The van der Waals surface area contributed by atoms with Crippen molar-refractivity contribution in [3.8, 4) is 0 Å². The summed E-state index contributed by atoms with van der Waals surface area (Å²) in [5, 5.41) is 16.6. The monoisotopic (exact) mass is 134 g/mol. The second-order valence-corrected chi connectivity index (χ2v) is 1.31. The van der Waals surface area contributed by atoms with Gasteiger partial charge in [0.1, 0.15) is 0 Å². The molecule has 0 radical (unpaired) electrons. The highest BCUT2D eigenvalue weighted by Gasteiger charge is 1.96. The summed E-state index contributed by atoms with van der Waals surface area (Å²) in [6.45, 7) is 0. The van der Waals surface area contributed by atoms with Crippen LogP contribution in [0.1, 0.15) is 0 Å². The van der Waals surface area contributed by atoms with Gasteiger partial charge in [-0.2, -0.15) is 0 Å². The Morgan fingerprint density at radius 3 is 1.89 bits per heavy atom. The molecule has 4 heteroatoms. The highest BCUT2D eigenvalue weighted by atomic mass is 16.7. The SMILES string of the molecule is COC(=CC(O)O)OC. The summed E-state index contributed by atoms with van der Waals surface area (Å²) in [4.78, 5) is 0. The van der Waals surface area contributed by atoms with Crippen molar-refractivity contribution in [3.63, 3.8) is 0 Å².